The molecule has 0 N–H and O–H groups in total. The van der Waals surface area contributed by atoms with Crippen molar-refractivity contribution in [1.29, 1.82) is 0 Å². The molecule has 0 atom stereocenters. The third-order valence-corrected chi connectivity index (χ3v) is 5.01. The van der Waals surface area contributed by atoms with Gasteiger partial charge in [-0.05, 0) is 55.2 Å². The Labute approximate surface area is 168 Å². The number of rotatable bonds is 6. The molecule has 3 aromatic rings. The number of aryl methyl sites for hydroxylation is 2. The predicted molar refractivity (Wildman–Crippen MR) is 106 cm³/mol. The summed E-state index contributed by atoms with van der Waals surface area (Å²) in [4.78, 5) is 23.4. The van der Waals surface area contributed by atoms with Crippen LogP contribution in [-0.2, 0) is 33.6 Å². The van der Waals surface area contributed by atoms with E-state index in [9.17, 15) is 9.59 Å². The normalized spacial score (nSPS) is 13.0. The molecule has 150 valence electrons. The molecule has 0 aliphatic heterocycles. The van der Waals surface area contributed by atoms with Gasteiger partial charge < -0.3 is 18.6 Å². The standard InChI is InChI=1S/C23H22O6/c1-26-22(24)12-15-6-8-16(9-7-15)28-23(25)14-27-17-10-11-21-19(13-17)18-4-2-3-5-20(18)29-21/h6-11,13H,2-5,12,14H2,1H3. The third kappa shape index (κ3) is 4.42. The van der Waals surface area contributed by atoms with E-state index in [-0.39, 0.29) is 19.0 Å². The summed E-state index contributed by atoms with van der Waals surface area (Å²) in [5, 5.41) is 1.06. The summed E-state index contributed by atoms with van der Waals surface area (Å²) in [5.41, 5.74) is 2.90. The number of benzene rings is 2. The number of hydrogen-bond donors (Lipinski definition) is 0. The van der Waals surface area contributed by atoms with Gasteiger partial charge in [0.05, 0.1) is 13.5 Å². The van der Waals surface area contributed by atoms with Gasteiger partial charge in [-0.1, -0.05) is 12.1 Å². The van der Waals surface area contributed by atoms with Crippen molar-refractivity contribution >= 4 is 22.9 Å². The lowest BCUT2D eigenvalue weighted by Gasteiger charge is -2.09. The van der Waals surface area contributed by atoms with Crippen molar-refractivity contribution in [3.63, 3.8) is 0 Å². The number of esters is 2. The van der Waals surface area contributed by atoms with Gasteiger partial charge in [0.1, 0.15) is 22.8 Å². The molecule has 6 nitrogen and oxygen atoms in total. The van der Waals surface area contributed by atoms with Crippen molar-refractivity contribution in [2.75, 3.05) is 13.7 Å². The first-order valence-corrected chi connectivity index (χ1v) is 9.66. The van der Waals surface area contributed by atoms with Crippen molar-refractivity contribution in [1.82, 2.24) is 0 Å². The van der Waals surface area contributed by atoms with Gasteiger partial charge in [0.2, 0.25) is 0 Å². The summed E-state index contributed by atoms with van der Waals surface area (Å²) in [6, 6.07) is 12.3. The summed E-state index contributed by atoms with van der Waals surface area (Å²) in [6.45, 7) is -0.199. The van der Waals surface area contributed by atoms with E-state index in [2.05, 4.69) is 4.74 Å². The van der Waals surface area contributed by atoms with Crippen LogP contribution in [0, 0.1) is 0 Å². The van der Waals surface area contributed by atoms with E-state index in [0.29, 0.717) is 11.5 Å². The van der Waals surface area contributed by atoms with E-state index in [1.807, 2.05) is 12.1 Å². The maximum atomic E-state index is 12.1. The molecular weight excluding hydrogens is 372 g/mol. The maximum Gasteiger partial charge on any atom is 0.349 e. The molecule has 1 heterocycles. The molecule has 0 radical (unpaired) electrons. The maximum absolute atomic E-state index is 12.1. The van der Waals surface area contributed by atoms with E-state index >= 15 is 0 Å². The molecule has 1 aliphatic rings. The highest BCUT2D eigenvalue weighted by molar-refractivity contribution is 5.84. The molecule has 2 aromatic carbocycles. The van der Waals surface area contributed by atoms with E-state index < -0.39 is 5.97 Å². The zero-order valence-corrected chi connectivity index (χ0v) is 16.2. The van der Waals surface area contributed by atoms with E-state index in [0.717, 1.165) is 48.0 Å². The fourth-order valence-corrected chi connectivity index (χ4v) is 3.55. The Morgan fingerprint density at radius 2 is 1.72 bits per heavy atom. The number of ether oxygens (including phenoxy) is 3. The SMILES string of the molecule is COC(=O)Cc1ccc(OC(=O)COc2ccc3oc4c(c3c2)CCCC4)cc1. The summed E-state index contributed by atoms with van der Waals surface area (Å²) >= 11 is 0. The lowest BCUT2D eigenvalue weighted by molar-refractivity contribution is -0.140. The first-order valence-electron chi connectivity index (χ1n) is 9.66. The van der Waals surface area contributed by atoms with Crippen LogP contribution in [0.25, 0.3) is 11.0 Å². The molecule has 6 heteroatoms. The van der Waals surface area contributed by atoms with Crippen LogP contribution in [0.3, 0.4) is 0 Å². The lowest BCUT2D eigenvalue weighted by atomic mass is 9.96. The number of furan rings is 1. The van der Waals surface area contributed by atoms with Crippen molar-refractivity contribution < 1.29 is 28.2 Å². The Balaban J connectivity index is 1.35. The van der Waals surface area contributed by atoms with E-state index in [4.69, 9.17) is 13.9 Å². The Hall–Kier alpha value is -3.28. The highest BCUT2D eigenvalue weighted by Gasteiger charge is 2.18. The summed E-state index contributed by atoms with van der Waals surface area (Å²) in [7, 11) is 1.34. The van der Waals surface area contributed by atoms with Crippen LogP contribution in [-0.4, -0.2) is 25.7 Å². The fourth-order valence-electron chi connectivity index (χ4n) is 3.55. The fraction of sp³-hybridized carbons (Fsp3) is 0.304. The number of carbonyl (C=O) groups is 2. The van der Waals surface area contributed by atoms with Gasteiger partial charge in [0, 0.05) is 17.4 Å². The highest BCUT2D eigenvalue weighted by Crippen LogP contribution is 2.33. The summed E-state index contributed by atoms with van der Waals surface area (Å²) in [5.74, 6) is 1.25. The minimum atomic E-state index is -0.500. The molecule has 0 saturated carbocycles. The zero-order chi connectivity index (χ0) is 20.2. The van der Waals surface area contributed by atoms with Crippen LogP contribution in [0.1, 0.15) is 29.7 Å². The smallest absolute Gasteiger partial charge is 0.349 e. The van der Waals surface area contributed by atoms with Gasteiger partial charge in [-0.3, -0.25) is 4.79 Å². The lowest BCUT2D eigenvalue weighted by Crippen LogP contribution is -2.17. The minimum Gasteiger partial charge on any atom is -0.482 e. The molecule has 0 spiro atoms. The van der Waals surface area contributed by atoms with E-state index in [1.54, 1.807) is 30.3 Å². The summed E-state index contributed by atoms with van der Waals surface area (Å²) in [6.07, 6.45) is 4.49. The Bertz CT molecular complexity index is 1030. The second-order valence-corrected chi connectivity index (χ2v) is 7.03. The third-order valence-electron chi connectivity index (χ3n) is 5.01. The van der Waals surface area contributed by atoms with Crippen LogP contribution in [0.5, 0.6) is 11.5 Å². The van der Waals surface area contributed by atoms with Crippen LogP contribution < -0.4 is 9.47 Å². The van der Waals surface area contributed by atoms with Crippen molar-refractivity contribution in [2.45, 2.75) is 32.1 Å². The van der Waals surface area contributed by atoms with Gasteiger partial charge >= 0.3 is 11.9 Å². The molecule has 0 bridgehead atoms. The molecule has 1 aromatic heterocycles. The van der Waals surface area contributed by atoms with Gasteiger partial charge in [-0.2, -0.15) is 0 Å². The topological polar surface area (TPSA) is 75.0 Å². The average Bonchev–Trinajstić information content (AvgIpc) is 3.11. The number of hydrogen-bond acceptors (Lipinski definition) is 6. The average molecular weight is 394 g/mol. The van der Waals surface area contributed by atoms with Gasteiger partial charge in [-0.25, -0.2) is 4.79 Å². The Morgan fingerprint density at radius 1 is 0.966 bits per heavy atom. The quantitative estimate of drug-likeness (QED) is 0.464. The van der Waals surface area contributed by atoms with Crippen LogP contribution >= 0.6 is 0 Å². The monoisotopic (exact) mass is 394 g/mol. The second-order valence-electron chi connectivity index (χ2n) is 7.03. The summed E-state index contributed by atoms with van der Waals surface area (Å²) < 4.78 is 21.5. The zero-order valence-electron chi connectivity index (χ0n) is 16.2. The number of carbonyl (C=O) groups excluding carboxylic acids is 2. The molecule has 0 saturated heterocycles. The Morgan fingerprint density at radius 3 is 2.52 bits per heavy atom. The molecule has 0 amide bonds. The van der Waals surface area contributed by atoms with Crippen molar-refractivity contribution in [3.05, 3.63) is 59.4 Å². The first kappa shape index (κ1) is 19.1. The highest BCUT2D eigenvalue weighted by atomic mass is 16.6. The molecule has 0 unspecified atom stereocenters. The van der Waals surface area contributed by atoms with Crippen LogP contribution in [0.15, 0.2) is 46.9 Å². The predicted octanol–water partition coefficient (Wildman–Crippen LogP) is 4.01. The minimum absolute atomic E-state index is 0.175. The van der Waals surface area contributed by atoms with E-state index in [1.165, 1.54) is 12.7 Å². The first-order chi connectivity index (χ1) is 14.1. The van der Waals surface area contributed by atoms with Crippen molar-refractivity contribution in [3.8, 4) is 11.5 Å². The Kier molecular flexibility index (Phi) is 5.51. The molecular formula is C23H22O6. The van der Waals surface area contributed by atoms with Gasteiger partial charge in [0.15, 0.2) is 6.61 Å². The number of methoxy groups -OCH3 is 1. The number of fused-ring (bicyclic) bond motifs is 3. The van der Waals surface area contributed by atoms with Crippen LogP contribution in [0.2, 0.25) is 0 Å². The molecule has 0 fully saturated rings. The van der Waals surface area contributed by atoms with Crippen LogP contribution in [0.4, 0.5) is 0 Å². The molecule has 1 aliphatic carbocycles. The van der Waals surface area contributed by atoms with Crippen molar-refractivity contribution in [2.24, 2.45) is 0 Å². The molecule has 4 rings (SSSR count). The second kappa shape index (κ2) is 8.39. The van der Waals surface area contributed by atoms with Gasteiger partial charge in [-0.15, -0.1) is 0 Å². The van der Waals surface area contributed by atoms with Gasteiger partial charge in [0.25, 0.3) is 0 Å². The molecule has 29 heavy (non-hydrogen) atoms. The largest absolute Gasteiger partial charge is 0.482 e.